The van der Waals surface area contributed by atoms with E-state index in [9.17, 15) is 4.79 Å². The van der Waals surface area contributed by atoms with E-state index in [1.807, 2.05) is 6.92 Å². The maximum absolute atomic E-state index is 11.3. The number of hydrogen-bond donors (Lipinski definition) is 1. The highest BCUT2D eigenvalue weighted by molar-refractivity contribution is 5.96. The zero-order valence-corrected chi connectivity index (χ0v) is 9.05. The van der Waals surface area contributed by atoms with E-state index in [2.05, 4.69) is 16.6 Å². The maximum atomic E-state index is 11.3. The summed E-state index contributed by atoms with van der Waals surface area (Å²) in [4.78, 5) is 11.3. The van der Waals surface area contributed by atoms with E-state index in [1.165, 1.54) is 7.11 Å². The molecule has 0 fully saturated rings. The monoisotopic (exact) mass is 203 g/mol. The van der Waals surface area contributed by atoms with Crippen LogP contribution in [-0.2, 0) is 4.74 Å². The Balaban J connectivity index is 3.31. The summed E-state index contributed by atoms with van der Waals surface area (Å²) in [5, 5.41) is 0. The summed E-state index contributed by atoms with van der Waals surface area (Å²) in [6.45, 7) is 3.59. The molecule has 3 heteroatoms. The minimum absolute atomic E-state index is 0.386. The van der Waals surface area contributed by atoms with Crippen molar-refractivity contribution >= 4 is 11.7 Å². The average Bonchev–Trinajstić information content (AvgIpc) is 2.24. The highest BCUT2D eigenvalue weighted by Gasteiger charge is 2.12. The lowest BCUT2D eigenvalue weighted by atomic mass is 10.0. The number of nitrogens with two attached hydrogens (primary N) is 1. The zero-order valence-electron chi connectivity index (χ0n) is 9.05. The first-order valence-electron chi connectivity index (χ1n) is 4.52. The second kappa shape index (κ2) is 4.52. The van der Waals surface area contributed by atoms with E-state index < -0.39 is 5.97 Å². The van der Waals surface area contributed by atoms with Crippen molar-refractivity contribution in [2.24, 2.45) is 0 Å². The van der Waals surface area contributed by atoms with E-state index >= 15 is 0 Å². The van der Waals surface area contributed by atoms with E-state index in [0.29, 0.717) is 11.3 Å². The Labute approximate surface area is 89.2 Å². The number of carbonyl (C=O) groups excluding carboxylic acids is 1. The summed E-state index contributed by atoms with van der Waals surface area (Å²) in [6, 6.07) is 3.41. The first-order chi connectivity index (χ1) is 7.11. The molecule has 0 aliphatic heterocycles. The van der Waals surface area contributed by atoms with Crippen LogP contribution in [0, 0.1) is 18.8 Å². The van der Waals surface area contributed by atoms with Crippen LogP contribution in [0.4, 0.5) is 5.69 Å². The summed E-state index contributed by atoms with van der Waals surface area (Å²) < 4.78 is 4.62. The molecule has 0 unspecified atom stereocenters. The van der Waals surface area contributed by atoms with Crippen LogP contribution in [0.3, 0.4) is 0 Å². The Hall–Kier alpha value is -1.95. The van der Waals surface area contributed by atoms with Gasteiger partial charge in [-0.05, 0) is 31.5 Å². The lowest BCUT2D eigenvalue weighted by molar-refractivity contribution is 0.0602. The second-order valence-electron chi connectivity index (χ2n) is 3.07. The number of hydrogen-bond acceptors (Lipinski definition) is 3. The molecule has 1 aromatic rings. The van der Waals surface area contributed by atoms with Crippen molar-refractivity contribution < 1.29 is 9.53 Å². The van der Waals surface area contributed by atoms with Gasteiger partial charge in [-0.2, -0.15) is 0 Å². The quantitative estimate of drug-likeness (QED) is 0.429. The lowest BCUT2D eigenvalue weighted by Gasteiger charge is -2.08. The fourth-order valence-electron chi connectivity index (χ4n) is 1.29. The molecular formula is C12H13NO2. The minimum Gasteiger partial charge on any atom is -0.465 e. The molecule has 0 atom stereocenters. The summed E-state index contributed by atoms with van der Waals surface area (Å²) in [5.74, 6) is 5.29. The van der Waals surface area contributed by atoms with Gasteiger partial charge in [0.2, 0.25) is 0 Å². The number of anilines is 1. The summed E-state index contributed by atoms with van der Waals surface area (Å²) in [7, 11) is 1.33. The first-order valence-corrected chi connectivity index (χ1v) is 4.52. The van der Waals surface area contributed by atoms with E-state index in [0.717, 1.165) is 11.1 Å². The van der Waals surface area contributed by atoms with Crippen molar-refractivity contribution in [3.05, 3.63) is 28.8 Å². The van der Waals surface area contributed by atoms with Gasteiger partial charge in [0, 0.05) is 5.56 Å². The molecule has 0 aromatic heterocycles. The Morgan fingerprint density at radius 1 is 1.47 bits per heavy atom. The van der Waals surface area contributed by atoms with Crippen LogP contribution in [0.5, 0.6) is 0 Å². The molecule has 0 amide bonds. The number of esters is 1. The number of ether oxygens (including phenoxy) is 1. The predicted molar refractivity (Wildman–Crippen MR) is 59.5 cm³/mol. The van der Waals surface area contributed by atoms with Crippen molar-refractivity contribution in [2.45, 2.75) is 13.8 Å². The minimum atomic E-state index is -0.424. The molecule has 0 saturated carbocycles. The number of carbonyl (C=O) groups is 1. The molecule has 2 N–H and O–H groups in total. The van der Waals surface area contributed by atoms with Crippen LogP contribution in [0.15, 0.2) is 12.1 Å². The molecule has 0 aliphatic carbocycles. The number of nitrogen functional groups attached to an aromatic ring is 1. The van der Waals surface area contributed by atoms with Crippen molar-refractivity contribution in [3.8, 4) is 11.8 Å². The van der Waals surface area contributed by atoms with Gasteiger partial charge in [0.05, 0.1) is 18.4 Å². The Bertz CT molecular complexity index is 453. The molecule has 3 nitrogen and oxygen atoms in total. The van der Waals surface area contributed by atoms with Gasteiger partial charge in [-0.25, -0.2) is 4.79 Å². The van der Waals surface area contributed by atoms with Gasteiger partial charge in [0.1, 0.15) is 0 Å². The molecule has 78 valence electrons. The summed E-state index contributed by atoms with van der Waals surface area (Å²) in [5.41, 5.74) is 8.29. The van der Waals surface area contributed by atoms with Gasteiger partial charge in [-0.3, -0.25) is 0 Å². The molecule has 0 bridgehead atoms. The van der Waals surface area contributed by atoms with Gasteiger partial charge in [-0.1, -0.05) is 5.92 Å². The highest BCUT2D eigenvalue weighted by atomic mass is 16.5. The molecule has 0 radical (unpaired) electrons. The molecular weight excluding hydrogens is 190 g/mol. The van der Waals surface area contributed by atoms with Crippen LogP contribution < -0.4 is 5.73 Å². The average molecular weight is 203 g/mol. The fourth-order valence-corrected chi connectivity index (χ4v) is 1.29. The lowest BCUT2D eigenvalue weighted by Crippen LogP contribution is -2.07. The maximum Gasteiger partial charge on any atom is 0.339 e. The summed E-state index contributed by atoms with van der Waals surface area (Å²) >= 11 is 0. The molecule has 0 saturated heterocycles. The van der Waals surface area contributed by atoms with Crippen LogP contribution in [0.25, 0.3) is 0 Å². The largest absolute Gasteiger partial charge is 0.465 e. The van der Waals surface area contributed by atoms with Crippen molar-refractivity contribution in [3.63, 3.8) is 0 Å². The fraction of sp³-hybridized carbons (Fsp3) is 0.250. The predicted octanol–water partition coefficient (Wildman–Crippen LogP) is 1.74. The third-order valence-electron chi connectivity index (χ3n) is 2.18. The third-order valence-corrected chi connectivity index (χ3v) is 2.18. The van der Waals surface area contributed by atoms with Crippen molar-refractivity contribution in [1.82, 2.24) is 0 Å². The molecule has 1 rings (SSSR count). The number of rotatable bonds is 1. The molecule has 0 heterocycles. The van der Waals surface area contributed by atoms with Gasteiger partial charge in [0.25, 0.3) is 0 Å². The zero-order chi connectivity index (χ0) is 11.4. The van der Waals surface area contributed by atoms with Gasteiger partial charge >= 0.3 is 5.97 Å². The highest BCUT2D eigenvalue weighted by Crippen LogP contribution is 2.21. The third kappa shape index (κ3) is 2.10. The smallest absolute Gasteiger partial charge is 0.339 e. The van der Waals surface area contributed by atoms with Crippen LogP contribution in [-0.4, -0.2) is 13.1 Å². The molecule has 1 aromatic carbocycles. The SMILES string of the molecule is CC#Cc1ccc(C(=O)OC)c(N)c1C. The standard InChI is InChI=1S/C12H13NO2/c1-4-5-9-6-7-10(12(14)15-3)11(13)8(9)2/h6-7H,13H2,1-3H3. The number of benzene rings is 1. The van der Waals surface area contributed by atoms with Crippen LogP contribution in [0.1, 0.15) is 28.4 Å². The van der Waals surface area contributed by atoms with Gasteiger partial charge < -0.3 is 10.5 Å². The molecule has 0 aliphatic rings. The number of methoxy groups -OCH3 is 1. The normalized spacial score (nSPS) is 9.00. The first kappa shape index (κ1) is 11.1. The van der Waals surface area contributed by atoms with Crippen LogP contribution >= 0.6 is 0 Å². The topological polar surface area (TPSA) is 52.3 Å². The van der Waals surface area contributed by atoms with E-state index in [-0.39, 0.29) is 0 Å². The Morgan fingerprint density at radius 3 is 2.67 bits per heavy atom. The Morgan fingerprint density at radius 2 is 2.13 bits per heavy atom. The van der Waals surface area contributed by atoms with Gasteiger partial charge in [0.15, 0.2) is 0 Å². The summed E-state index contributed by atoms with van der Waals surface area (Å²) in [6.07, 6.45) is 0. The van der Waals surface area contributed by atoms with Crippen LogP contribution in [0.2, 0.25) is 0 Å². The molecule has 15 heavy (non-hydrogen) atoms. The Kier molecular flexibility index (Phi) is 3.35. The van der Waals surface area contributed by atoms with Crippen molar-refractivity contribution in [2.75, 3.05) is 12.8 Å². The molecule has 0 spiro atoms. The van der Waals surface area contributed by atoms with E-state index in [4.69, 9.17) is 5.73 Å². The second-order valence-corrected chi connectivity index (χ2v) is 3.07. The van der Waals surface area contributed by atoms with Gasteiger partial charge in [-0.15, -0.1) is 5.92 Å². The van der Waals surface area contributed by atoms with E-state index in [1.54, 1.807) is 19.1 Å². The van der Waals surface area contributed by atoms with Crippen molar-refractivity contribution in [1.29, 1.82) is 0 Å².